The van der Waals surface area contributed by atoms with E-state index in [0.29, 0.717) is 33.8 Å². The van der Waals surface area contributed by atoms with Gasteiger partial charge in [0.2, 0.25) is 11.0 Å². The molecule has 0 amide bonds. The second-order valence-corrected chi connectivity index (χ2v) is 7.26. The average molecular weight is 405 g/mol. The summed E-state index contributed by atoms with van der Waals surface area (Å²) in [5.74, 6) is 2.43. The molecule has 0 aliphatic rings. The summed E-state index contributed by atoms with van der Waals surface area (Å²) in [6, 6.07) is 15.0. The first-order valence-electron chi connectivity index (χ1n) is 8.86. The van der Waals surface area contributed by atoms with E-state index in [-0.39, 0.29) is 5.56 Å². The van der Waals surface area contributed by atoms with E-state index in [4.69, 9.17) is 8.83 Å². The highest BCUT2D eigenvalue weighted by Crippen LogP contribution is 2.27. The highest BCUT2D eigenvalue weighted by Gasteiger charge is 2.16. The van der Waals surface area contributed by atoms with E-state index in [0.717, 1.165) is 17.0 Å². The predicted octanol–water partition coefficient (Wildman–Crippen LogP) is 3.93. The standard InChI is InChI=1S/C20H15N5O3S/c1-12-15(21-19(28-12)13-6-3-2-4-7-13)11-29-20-23-22-18(26)16-10-14(24-25(16)20)17-8-5-9-27-17/h2-10H,11H2,1H3,(H,22,26). The maximum atomic E-state index is 12.2. The molecule has 0 bridgehead atoms. The fourth-order valence-electron chi connectivity index (χ4n) is 2.93. The molecule has 4 aromatic heterocycles. The number of benzene rings is 1. The lowest BCUT2D eigenvalue weighted by Gasteiger charge is -2.01. The molecule has 0 atom stereocenters. The van der Waals surface area contributed by atoms with Gasteiger partial charge in [-0.1, -0.05) is 30.0 Å². The normalized spacial score (nSPS) is 11.3. The van der Waals surface area contributed by atoms with Gasteiger partial charge in [-0.05, 0) is 31.2 Å². The number of hydrogen-bond acceptors (Lipinski definition) is 7. The number of H-pyrrole nitrogens is 1. The zero-order chi connectivity index (χ0) is 19.8. The molecule has 144 valence electrons. The number of oxazole rings is 1. The summed E-state index contributed by atoms with van der Waals surface area (Å²) in [6.07, 6.45) is 1.56. The molecule has 0 spiro atoms. The summed E-state index contributed by atoms with van der Waals surface area (Å²) in [5.41, 5.74) is 2.39. The average Bonchev–Trinajstić information content (AvgIpc) is 3.48. The van der Waals surface area contributed by atoms with Gasteiger partial charge in [-0.15, -0.1) is 5.10 Å². The number of aromatic nitrogens is 5. The van der Waals surface area contributed by atoms with Crippen molar-refractivity contribution in [2.45, 2.75) is 17.8 Å². The zero-order valence-electron chi connectivity index (χ0n) is 15.3. The van der Waals surface area contributed by atoms with Crippen LogP contribution < -0.4 is 5.56 Å². The van der Waals surface area contributed by atoms with Crippen LogP contribution in [0.3, 0.4) is 0 Å². The van der Waals surface area contributed by atoms with Crippen molar-refractivity contribution in [3.63, 3.8) is 0 Å². The van der Waals surface area contributed by atoms with E-state index in [9.17, 15) is 4.79 Å². The van der Waals surface area contributed by atoms with Crippen LogP contribution in [0.25, 0.3) is 28.4 Å². The molecule has 0 saturated heterocycles. The van der Waals surface area contributed by atoms with Gasteiger partial charge in [0, 0.05) is 17.4 Å². The lowest BCUT2D eigenvalue weighted by molar-refractivity contribution is 0.540. The third kappa shape index (κ3) is 3.25. The zero-order valence-corrected chi connectivity index (χ0v) is 16.1. The van der Waals surface area contributed by atoms with E-state index in [1.54, 1.807) is 24.5 Å². The smallest absolute Gasteiger partial charge is 0.290 e. The molecule has 9 heteroatoms. The molecule has 1 N–H and O–H groups in total. The van der Waals surface area contributed by atoms with Crippen LogP contribution in [0.5, 0.6) is 0 Å². The number of hydrogen-bond donors (Lipinski definition) is 1. The van der Waals surface area contributed by atoms with Crippen LogP contribution in [0, 0.1) is 6.92 Å². The lowest BCUT2D eigenvalue weighted by Crippen LogP contribution is -2.13. The Kier molecular flexibility index (Phi) is 4.28. The summed E-state index contributed by atoms with van der Waals surface area (Å²) in [7, 11) is 0. The van der Waals surface area contributed by atoms with Crippen molar-refractivity contribution in [1.29, 1.82) is 0 Å². The molecule has 0 saturated carbocycles. The highest BCUT2D eigenvalue weighted by atomic mass is 32.2. The van der Waals surface area contributed by atoms with Crippen LogP contribution in [-0.2, 0) is 5.75 Å². The van der Waals surface area contributed by atoms with Crippen LogP contribution in [-0.4, -0.2) is 24.8 Å². The molecule has 0 unspecified atom stereocenters. The summed E-state index contributed by atoms with van der Waals surface area (Å²) in [4.78, 5) is 16.8. The first kappa shape index (κ1) is 17.5. The van der Waals surface area contributed by atoms with Gasteiger partial charge in [0.1, 0.15) is 17.0 Å². The van der Waals surface area contributed by atoms with Gasteiger partial charge in [-0.3, -0.25) is 4.79 Å². The second kappa shape index (κ2) is 7.10. The van der Waals surface area contributed by atoms with Gasteiger partial charge in [-0.2, -0.15) is 5.10 Å². The molecule has 0 aliphatic heterocycles. The molecular weight excluding hydrogens is 390 g/mol. The van der Waals surface area contributed by atoms with Crippen molar-refractivity contribution < 1.29 is 8.83 Å². The maximum absolute atomic E-state index is 12.2. The Hall–Kier alpha value is -3.59. The monoisotopic (exact) mass is 405 g/mol. The number of nitrogens with zero attached hydrogens (tertiary/aromatic N) is 4. The Labute approximate surface area is 168 Å². The van der Waals surface area contributed by atoms with E-state index < -0.39 is 0 Å². The summed E-state index contributed by atoms with van der Waals surface area (Å²) in [5, 5.41) is 11.7. The largest absolute Gasteiger partial charge is 0.463 e. The SMILES string of the molecule is Cc1oc(-c2ccccc2)nc1CSc1n[nH]c(=O)c2cc(-c3ccco3)nn12. The molecule has 0 radical (unpaired) electrons. The van der Waals surface area contributed by atoms with Crippen molar-refractivity contribution in [3.8, 4) is 22.9 Å². The Morgan fingerprint density at radius 1 is 1.17 bits per heavy atom. The highest BCUT2D eigenvalue weighted by molar-refractivity contribution is 7.98. The van der Waals surface area contributed by atoms with E-state index >= 15 is 0 Å². The van der Waals surface area contributed by atoms with E-state index in [1.165, 1.54) is 16.3 Å². The number of thioether (sulfide) groups is 1. The molecule has 0 fully saturated rings. The van der Waals surface area contributed by atoms with Gasteiger partial charge in [0.05, 0.1) is 12.0 Å². The third-order valence-electron chi connectivity index (χ3n) is 4.40. The minimum Gasteiger partial charge on any atom is -0.463 e. The maximum Gasteiger partial charge on any atom is 0.290 e. The van der Waals surface area contributed by atoms with Gasteiger partial charge >= 0.3 is 0 Å². The Bertz CT molecular complexity index is 1340. The van der Waals surface area contributed by atoms with Crippen molar-refractivity contribution in [3.05, 3.63) is 76.6 Å². The molecule has 29 heavy (non-hydrogen) atoms. The number of furan rings is 1. The third-order valence-corrected chi connectivity index (χ3v) is 5.34. The Morgan fingerprint density at radius 3 is 2.83 bits per heavy atom. The summed E-state index contributed by atoms with van der Waals surface area (Å²) in [6.45, 7) is 1.88. The number of fused-ring (bicyclic) bond motifs is 1. The van der Waals surface area contributed by atoms with Crippen LogP contribution in [0.4, 0.5) is 0 Å². The van der Waals surface area contributed by atoms with Crippen molar-refractivity contribution in [1.82, 2.24) is 24.8 Å². The Balaban J connectivity index is 1.45. The number of aromatic amines is 1. The first-order chi connectivity index (χ1) is 14.2. The molecule has 4 heterocycles. The van der Waals surface area contributed by atoms with Crippen molar-refractivity contribution in [2.24, 2.45) is 0 Å². The molecule has 1 aromatic carbocycles. The molecular formula is C20H15N5O3S. The summed E-state index contributed by atoms with van der Waals surface area (Å²) >= 11 is 1.41. The number of nitrogens with one attached hydrogen (secondary N) is 1. The van der Waals surface area contributed by atoms with Gasteiger partial charge in [0.15, 0.2) is 5.76 Å². The fourth-order valence-corrected chi connectivity index (χ4v) is 3.83. The van der Waals surface area contributed by atoms with Crippen LogP contribution in [0.2, 0.25) is 0 Å². The predicted molar refractivity (Wildman–Crippen MR) is 108 cm³/mol. The van der Waals surface area contributed by atoms with Gasteiger partial charge in [-0.25, -0.2) is 14.6 Å². The minimum absolute atomic E-state index is 0.316. The fraction of sp³-hybridized carbons (Fsp3) is 0.100. The van der Waals surface area contributed by atoms with Crippen molar-refractivity contribution in [2.75, 3.05) is 0 Å². The molecule has 5 rings (SSSR count). The van der Waals surface area contributed by atoms with Crippen molar-refractivity contribution >= 4 is 17.3 Å². The van der Waals surface area contributed by atoms with E-state index in [2.05, 4.69) is 20.3 Å². The van der Waals surface area contributed by atoms with Gasteiger partial charge < -0.3 is 8.83 Å². The van der Waals surface area contributed by atoms with Crippen LogP contribution >= 0.6 is 11.8 Å². The molecule has 5 aromatic rings. The quantitative estimate of drug-likeness (QED) is 0.442. The second-order valence-electron chi connectivity index (χ2n) is 6.32. The van der Waals surface area contributed by atoms with Gasteiger partial charge in [0.25, 0.3) is 5.56 Å². The summed E-state index contributed by atoms with van der Waals surface area (Å²) < 4.78 is 12.7. The molecule has 8 nitrogen and oxygen atoms in total. The number of rotatable bonds is 5. The van der Waals surface area contributed by atoms with E-state index in [1.807, 2.05) is 37.3 Å². The number of aryl methyl sites for hydroxylation is 1. The van der Waals surface area contributed by atoms with Crippen LogP contribution in [0.1, 0.15) is 11.5 Å². The first-order valence-corrected chi connectivity index (χ1v) is 9.84. The van der Waals surface area contributed by atoms with Crippen LogP contribution in [0.15, 0.2) is 73.6 Å². The lowest BCUT2D eigenvalue weighted by atomic mass is 10.2. The molecule has 0 aliphatic carbocycles. The topological polar surface area (TPSA) is 102 Å². The minimum atomic E-state index is -0.316. The Morgan fingerprint density at radius 2 is 2.03 bits per heavy atom.